The van der Waals surface area contributed by atoms with Crippen LogP contribution in [-0.4, -0.2) is 49.4 Å². The second-order valence-corrected chi connectivity index (χ2v) is 8.03. The third kappa shape index (κ3) is 4.73. The number of aryl methyl sites for hydroxylation is 1. The van der Waals surface area contributed by atoms with Gasteiger partial charge in [-0.05, 0) is 31.4 Å². The number of nitrogens with one attached hydrogen (secondary N) is 2. The minimum absolute atomic E-state index is 0.304. The van der Waals surface area contributed by atoms with Crippen LogP contribution in [0.5, 0.6) is 0 Å². The number of hydrogen-bond acceptors (Lipinski definition) is 7. The van der Waals surface area contributed by atoms with Gasteiger partial charge >= 0.3 is 0 Å². The number of rotatable bonds is 4. The Balaban J connectivity index is 1.65. The topological polar surface area (TPSA) is 83.6 Å². The predicted molar refractivity (Wildman–Crippen MR) is 108 cm³/mol. The van der Waals surface area contributed by atoms with Crippen molar-refractivity contribution in [2.45, 2.75) is 11.8 Å². The maximum Gasteiger partial charge on any atom is 0.281 e. The van der Waals surface area contributed by atoms with Crippen LogP contribution in [0.1, 0.15) is 25.7 Å². The summed E-state index contributed by atoms with van der Waals surface area (Å²) in [5, 5.41) is 1.10. The van der Waals surface area contributed by atoms with Gasteiger partial charge in [0, 0.05) is 18.0 Å². The molecule has 27 heavy (non-hydrogen) atoms. The Morgan fingerprint density at radius 3 is 2.67 bits per heavy atom. The number of hydrogen-bond donors (Lipinski definition) is 2. The monoisotopic (exact) mass is 426 g/mol. The number of benzene rings is 1. The Morgan fingerprint density at radius 2 is 1.96 bits per heavy atom. The molecule has 2 aromatic rings. The van der Waals surface area contributed by atoms with Crippen molar-refractivity contribution in [3.05, 3.63) is 39.4 Å². The van der Waals surface area contributed by atoms with Gasteiger partial charge in [-0.15, -0.1) is 11.8 Å². The van der Waals surface area contributed by atoms with E-state index in [1.807, 2.05) is 12.3 Å². The number of carbonyl (C=O) groups is 2. The predicted octanol–water partition coefficient (Wildman–Crippen LogP) is 2.74. The Bertz CT molecular complexity index is 853. The van der Waals surface area contributed by atoms with Gasteiger partial charge in [-0.2, -0.15) is 0 Å². The van der Waals surface area contributed by atoms with E-state index in [2.05, 4.69) is 20.7 Å². The van der Waals surface area contributed by atoms with E-state index in [-0.39, 0.29) is 0 Å². The molecule has 144 valence electrons. The number of carbonyl (C=O) groups excluding carboxylic acids is 2. The summed E-state index contributed by atoms with van der Waals surface area (Å²) in [6, 6.07) is 5.17. The first-order valence-corrected chi connectivity index (χ1v) is 10.7. The zero-order valence-electron chi connectivity index (χ0n) is 14.9. The van der Waals surface area contributed by atoms with Crippen molar-refractivity contribution in [1.82, 2.24) is 15.8 Å². The first-order chi connectivity index (χ1) is 13.0. The van der Waals surface area contributed by atoms with E-state index < -0.39 is 11.8 Å². The van der Waals surface area contributed by atoms with Gasteiger partial charge in [0.1, 0.15) is 4.88 Å². The molecule has 0 saturated carbocycles. The van der Waals surface area contributed by atoms with Crippen LogP contribution >= 0.6 is 34.7 Å². The lowest BCUT2D eigenvalue weighted by atomic mass is 10.2. The number of amides is 2. The molecule has 0 bridgehead atoms. The van der Waals surface area contributed by atoms with E-state index >= 15 is 0 Å². The molecule has 7 nitrogen and oxygen atoms in total. The number of ether oxygens (including phenoxy) is 1. The summed E-state index contributed by atoms with van der Waals surface area (Å²) in [5.74, 6) is -0.880. The summed E-state index contributed by atoms with van der Waals surface area (Å²) in [6.07, 6.45) is 1.91. The smallest absolute Gasteiger partial charge is 0.281 e. The largest absolute Gasteiger partial charge is 0.378 e. The average molecular weight is 427 g/mol. The Labute approximate surface area is 170 Å². The Hall–Kier alpha value is -1.81. The van der Waals surface area contributed by atoms with E-state index in [0.29, 0.717) is 34.4 Å². The number of halogens is 1. The van der Waals surface area contributed by atoms with Crippen LogP contribution in [0.15, 0.2) is 23.1 Å². The molecular formula is C17H19ClN4O3S2. The summed E-state index contributed by atoms with van der Waals surface area (Å²) in [4.78, 5) is 32.7. The van der Waals surface area contributed by atoms with Crippen LogP contribution in [0.2, 0.25) is 5.02 Å². The molecule has 1 aliphatic heterocycles. The quantitative estimate of drug-likeness (QED) is 0.577. The van der Waals surface area contributed by atoms with Crippen LogP contribution in [0.4, 0.5) is 5.13 Å². The maximum absolute atomic E-state index is 12.5. The third-order valence-electron chi connectivity index (χ3n) is 3.98. The van der Waals surface area contributed by atoms with E-state index in [1.54, 1.807) is 19.1 Å². The standard InChI is InChI=1S/C17H19ClN4O3S2/c1-10-14(27-17(19-10)22-5-7-25-8-6-22)16(24)21-20-15(23)12-9-11(26-2)3-4-13(12)18/h3-4,9H,5-8H2,1-2H3,(H,20,23)(H,21,24). The molecule has 3 rings (SSSR count). The fourth-order valence-electron chi connectivity index (χ4n) is 2.53. The summed E-state index contributed by atoms with van der Waals surface area (Å²) >= 11 is 8.89. The molecule has 0 atom stereocenters. The van der Waals surface area contributed by atoms with E-state index in [4.69, 9.17) is 16.3 Å². The lowest BCUT2D eigenvalue weighted by Crippen LogP contribution is -2.41. The number of hydrazine groups is 1. The highest BCUT2D eigenvalue weighted by Gasteiger charge is 2.21. The van der Waals surface area contributed by atoms with Gasteiger partial charge in [0.25, 0.3) is 11.8 Å². The van der Waals surface area contributed by atoms with Crippen LogP contribution in [0.3, 0.4) is 0 Å². The van der Waals surface area contributed by atoms with Crippen molar-refractivity contribution in [1.29, 1.82) is 0 Å². The molecule has 10 heteroatoms. The van der Waals surface area contributed by atoms with Crippen molar-refractivity contribution in [3.63, 3.8) is 0 Å². The number of thioether (sulfide) groups is 1. The second-order valence-electron chi connectivity index (χ2n) is 5.76. The fourth-order valence-corrected chi connectivity index (χ4v) is 4.18. The van der Waals surface area contributed by atoms with Gasteiger partial charge in [0.2, 0.25) is 0 Å². The first-order valence-electron chi connectivity index (χ1n) is 8.24. The molecule has 1 aromatic carbocycles. The zero-order chi connectivity index (χ0) is 19.4. The van der Waals surface area contributed by atoms with Crippen molar-refractivity contribution < 1.29 is 14.3 Å². The van der Waals surface area contributed by atoms with Crippen LogP contribution in [0.25, 0.3) is 0 Å². The molecule has 2 heterocycles. The molecular weight excluding hydrogens is 408 g/mol. The highest BCUT2D eigenvalue weighted by molar-refractivity contribution is 7.98. The van der Waals surface area contributed by atoms with Gasteiger partial charge in [-0.1, -0.05) is 22.9 Å². The SMILES string of the molecule is CSc1ccc(Cl)c(C(=O)NNC(=O)c2sc(N3CCOCC3)nc2C)c1. The normalized spacial score (nSPS) is 14.1. The highest BCUT2D eigenvalue weighted by atomic mass is 35.5. The third-order valence-corrected chi connectivity index (χ3v) is 6.25. The lowest BCUT2D eigenvalue weighted by molar-refractivity contribution is 0.0848. The minimum Gasteiger partial charge on any atom is -0.378 e. The number of aromatic nitrogens is 1. The number of anilines is 1. The van der Waals surface area contributed by atoms with Gasteiger partial charge in [0.15, 0.2) is 5.13 Å². The fraction of sp³-hybridized carbons (Fsp3) is 0.353. The summed E-state index contributed by atoms with van der Waals surface area (Å²) in [5.41, 5.74) is 5.79. The van der Waals surface area contributed by atoms with E-state index in [1.165, 1.54) is 23.1 Å². The highest BCUT2D eigenvalue weighted by Crippen LogP contribution is 2.27. The van der Waals surface area contributed by atoms with Gasteiger partial charge in [0.05, 0.1) is 29.5 Å². The molecule has 0 unspecified atom stereocenters. The number of morpholine rings is 1. The minimum atomic E-state index is -0.472. The number of nitrogens with zero attached hydrogens (tertiary/aromatic N) is 2. The van der Waals surface area contributed by atoms with Crippen molar-refractivity contribution in [3.8, 4) is 0 Å². The molecule has 2 amide bonds. The average Bonchev–Trinajstić information content (AvgIpc) is 3.08. The Kier molecular flexibility index (Phi) is 6.59. The number of thiazole rings is 1. The van der Waals surface area contributed by atoms with Crippen LogP contribution < -0.4 is 15.8 Å². The summed E-state index contributed by atoms with van der Waals surface area (Å²) < 4.78 is 5.33. The molecule has 0 radical (unpaired) electrons. The van der Waals surface area contributed by atoms with Crippen molar-refractivity contribution in [2.24, 2.45) is 0 Å². The van der Waals surface area contributed by atoms with Crippen molar-refractivity contribution in [2.75, 3.05) is 37.5 Å². The second kappa shape index (κ2) is 8.92. The molecule has 1 fully saturated rings. The summed E-state index contributed by atoms with van der Waals surface area (Å²) in [7, 11) is 0. The molecule has 0 spiro atoms. The Morgan fingerprint density at radius 1 is 1.26 bits per heavy atom. The zero-order valence-corrected chi connectivity index (χ0v) is 17.3. The molecule has 1 saturated heterocycles. The van der Waals surface area contributed by atoms with E-state index in [9.17, 15) is 9.59 Å². The van der Waals surface area contributed by atoms with Gasteiger partial charge in [-0.25, -0.2) is 4.98 Å². The molecule has 1 aliphatic rings. The van der Waals surface area contributed by atoms with Gasteiger partial charge < -0.3 is 9.64 Å². The van der Waals surface area contributed by atoms with Gasteiger partial charge in [-0.3, -0.25) is 20.4 Å². The molecule has 2 N–H and O–H groups in total. The molecule has 0 aliphatic carbocycles. The first kappa shape index (κ1) is 19.9. The lowest BCUT2D eigenvalue weighted by Gasteiger charge is -2.25. The van der Waals surface area contributed by atoms with Crippen LogP contribution in [0, 0.1) is 6.92 Å². The molecule has 1 aromatic heterocycles. The van der Waals surface area contributed by atoms with E-state index in [0.717, 1.165) is 23.1 Å². The summed E-state index contributed by atoms with van der Waals surface area (Å²) in [6.45, 7) is 4.55. The van der Waals surface area contributed by atoms with Crippen molar-refractivity contribution >= 4 is 51.6 Å². The van der Waals surface area contributed by atoms with Crippen LogP contribution in [-0.2, 0) is 4.74 Å². The maximum atomic E-state index is 12.5.